The van der Waals surface area contributed by atoms with Gasteiger partial charge in [0, 0.05) is 0 Å². The zero-order valence-electron chi connectivity index (χ0n) is 13.3. The molecule has 0 radical (unpaired) electrons. The van der Waals surface area contributed by atoms with Crippen molar-refractivity contribution in [1.29, 1.82) is 0 Å². The first-order chi connectivity index (χ1) is 10.9. The topological polar surface area (TPSA) is 60.3 Å². The molecular formula is C15H19FN4O2Sn. The quantitative estimate of drug-likeness (QED) is 0.550. The third-order valence-electron chi connectivity index (χ3n) is 3.90. The molecule has 2 atom stereocenters. The van der Waals surface area contributed by atoms with Crippen LogP contribution in [0.5, 0.6) is 0 Å². The van der Waals surface area contributed by atoms with Crippen LogP contribution < -0.4 is 8.48 Å². The van der Waals surface area contributed by atoms with Gasteiger partial charge >= 0.3 is 138 Å². The van der Waals surface area contributed by atoms with E-state index >= 15 is 0 Å². The number of hydrogen-bond donors (Lipinski definition) is 0. The molecule has 0 amide bonds. The molecule has 1 fully saturated rings. The molecule has 1 aromatic carbocycles. The van der Waals surface area contributed by atoms with E-state index in [1.54, 1.807) is 22.0 Å². The van der Waals surface area contributed by atoms with Crippen LogP contribution in [0.3, 0.4) is 0 Å². The third kappa shape index (κ3) is 3.25. The zero-order chi connectivity index (χ0) is 16.6. The van der Waals surface area contributed by atoms with Crippen LogP contribution in [-0.4, -0.2) is 52.4 Å². The second-order valence-electron chi connectivity index (χ2n) is 6.57. The van der Waals surface area contributed by atoms with Crippen LogP contribution in [0.25, 0.3) is 0 Å². The predicted octanol–water partition coefficient (Wildman–Crippen LogP) is 1.52. The van der Waals surface area contributed by atoms with Crippen molar-refractivity contribution in [3.8, 4) is 0 Å². The summed E-state index contributed by atoms with van der Waals surface area (Å²) < 4.78 is 22.5. The van der Waals surface area contributed by atoms with E-state index in [1.165, 1.54) is 6.07 Å². The molecule has 0 aliphatic carbocycles. The van der Waals surface area contributed by atoms with Gasteiger partial charge in [0.1, 0.15) is 0 Å². The summed E-state index contributed by atoms with van der Waals surface area (Å²) in [5, 5.41) is 7.63. The van der Waals surface area contributed by atoms with Crippen LogP contribution in [0.15, 0.2) is 30.6 Å². The summed E-state index contributed by atoms with van der Waals surface area (Å²) in [6.45, 7) is 0.407. The molecule has 0 bridgehead atoms. The van der Waals surface area contributed by atoms with Gasteiger partial charge < -0.3 is 0 Å². The molecule has 0 spiro atoms. The van der Waals surface area contributed by atoms with Gasteiger partial charge in [0.15, 0.2) is 0 Å². The van der Waals surface area contributed by atoms with E-state index in [4.69, 9.17) is 4.74 Å². The Balaban J connectivity index is 1.88. The summed E-state index contributed by atoms with van der Waals surface area (Å²) >= 11 is -2.49. The van der Waals surface area contributed by atoms with Gasteiger partial charge in [-0.1, -0.05) is 0 Å². The van der Waals surface area contributed by atoms with Crippen molar-refractivity contribution in [3.63, 3.8) is 0 Å². The van der Waals surface area contributed by atoms with Gasteiger partial charge in [-0.3, -0.25) is 0 Å². The van der Waals surface area contributed by atoms with Gasteiger partial charge in [-0.25, -0.2) is 0 Å². The Morgan fingerprint density at radius 1 is 1.39 bits per heavy atom. The summed E-state index contributed by atoms with van der Waals surface area (Å²) in [5.74, 6) is -0.195. The molecule has 6 nitrogen and oxygen atoms in total. The monoisotopic (exact) mass is 426 g/mol. The van der Waals surface area contributed by atoms with Crippen molar-refractivity contribution in [2.24, 2.45) is 0 Å². The van der Waals surface area contributed by atoms with E-state index in [1.807, 2.05) is 12.1 Å². The molecule has 23 heavy (non-hydrogen) atoms. The SMILES string of the molecule is [CH3][Sn]([CH3])([CH3])[c]1ccc(N2C[C@H](n3ccnn3)OC2C=O)cc1F. The van der Waals surface area contributed by atoms with Crippen LogP contribution in [0.4, 0.5) is 10.1 Å². The Labute approximate surface area is 138 Å². The molecule has 1 aliphatic heterocycles. The number of anilines is 1. The van der Waals surface area contributed by atoms with E-state index in [-0.39, 0.29) is 5.82 Å². The Bertz CT molecular complexity index is 702. The fourth-order valence-electron chi connectivity index (χ4n) is 2.72. The molecule has 8 heteroatoms. The van der Waals surface area contributed by atoms with Gasteiger partial charge in [-0.15, -0.1) is 0 Å². The first kappa shape index (κ1) is 16.4. The summed E-state index contributed by atoms with van der Waals surface area (Å²) in [4.78, 5) is 19.6. The molecule has 2 aromatic rings. The fourth-order valence-corrected chi connectivity index (χ4v) is 6.63. The van der Waals surface area contributed by atoms with E-state index in [9.17, 15) is 9.18 Å². The molecule has 3 rings (SSSR count). The van der Waals surface area contributed by atoms with E-state index in [0.29, 0.717) is 18.5 Å². The van der Waals surface area contributed by atoms with E-state index in [0.717, 1.165) is 3.58 Å². The predicted molar refractivity (Wildman–Crippen MR) is 86.7 cm³/mol. The molecule has 1 aliphatic rings. The Hall–Kier alpha value is -1.48. The molecule has 1 aromatic heterocycles. The zero-order valence-corrected chi connectivity index (χ0v) is 16.2. The van der Waals surface area contributed by atoms with Crippen LogP contribution in [0.2, 0.25) is 14.8 Å². The molecule has 2 heterocycles. The summed E-state index contributed by atoms with van der Waals surface area (Å²) in [7, 11) is 0. The van der Waals surface area contributed by atoms with Crippen molar-refractivity contribution < 1.29 is 13.9 Å². The Morgan fingerprint density at radius 2 is 2.17 bits per heavy atom. The van der Waals surface area contributed by atoms with Crippen LogP contribution >= 0.6 is 0 Å². The van der Waals surface area contributed by atoms with Gasteiger partial charge in [-0.2, -0.15) is 0 Å². The molecule has 0 saturated carbocycles. The summed E-state index contributed by atoms with van der Waals surface area (Å²) in [5.41, 5.74) is 0.640. The van der Waals surface area contributed by atoms with Gasteiger partial charge in [0.2, 0.25) is 0 Å². The number of carbonyl (C=O) groups is 1. The van der Waals surface area contributed by atoms with Gasteiger partial charge in [0.05, 0.1) is 0 Å². The number of aromatic nitrogens is 3. The molecule has 122 valence electrons. The average molecular weight is 425 g/mol. The maximum atomic E-state index is 14.5. The van der Waals surface area contributed by atoms with Crippen LogP contribution in [0.1, 0.15) is 6.23 Å². The third-order valence-corrected chi connectivity index (χ3v) is 9.67. The number of carbonyl (C=O) groups excluding carboxylic acids is 1. The molecular weight excluding hydrogens is 406 g/mol. The first-order valence-corrected chi connectivity index (χ1v) is 17.4. The second-order valence-corrected chi connectivity index (χ2v) is 20.9. The minimum absolute atomic E-state index is 0.195. The molecule has 1 saturated heterocycles. The van der Waals surface area contributed by atoms with E-state index < -0.39 is 30.8 Å². The molecule has 0 N–H and O–H groups in total. The van der Waals surface area contributed by atoms with Crippen LogP contribution in [0, 0.1) is 5.82 Å². The average Bonchev–Trinajstić information content (AvgIpc) is 3.14. The van der Waals surface area contributed by atoms with E-state index in [2.05, 4.69) is 25.1 Å². The normalized spacial score (nSPS) is 21.7. The number of ether oxygens (including phenoxy) is 1. The van der Waals surface area contributed by atoms with Crippen LogP contribution in [-0.2, 0) is 9.53 Å². The number of nitrogens with zero attached hydrogens (tertiary/aromatic N) is 4. The fraction of sp³-hybridized carbons (Fsp3) is 0.400. The summed E-state index contributed by atoms with van der Waals surface area (Å²) in [6.07, 6.45) is 2.76. The number of rotatable bonds is 4. The Kier molecular flexibility index (Phi) is 4.41. The van der Waals surface area contributed by atoms with Crippen molar-refractivity contribution in [1.82, 2.24) is 15.0 Å². The summed E-state index contributed by atoms with van der Waals surface area (Å²) in [6, 6.07) is 5.22. The maximum absolute atomic E-state index is 14.5. The minimum atomic E-state index is -2.49. The van der Waals surface area contributed by atoms with Gasteiger partial charge in [-0.05, 0) is 0 Å². The standard InChI is InChI=1S/C12H10FN4O2.3CH3.Sn/c13-9-2-1-3-10(6-9)16-7-11(19-12(16)8-18)17-5-4-14-15-17;;;;/h1,3-6,8,11-12H,7H2;3*1H3;/t11-,12?;;;;/m1..../s1. The van der Waals surface area contributed by atoms with Crippen molar-refractivity contribution >= 4 is 33.9 Å². The van der Waals surface area contributed by atoms with Gasteiger partial charge in [0.25, 0.3) is 0 Å². The van der Waals surface area contributed by atoms with Crippen molar-refractivity contribution in [2.75, 3.05) is 11.4 Å². The van der Waals surface area contributed by atoms with Crippen molar-refractivity contribution in [3.05, 3.63) is 36.4 Å². The Morgan fingerprint density at radius 3 is 2.74 bits per heavy atom. The number of aldehydes is 1. The number of benzene rings is 1. The second kappa shape index (κ2) is 6.20. The number of hydrogen-bond acceptors (Lipinski definition) is 5. The first-order valence-electron chi connectivity index (χ1n) is 7.43. The van der Waals surface area contributed by atoms with Crippen molar-refractivity contribution in [2.45, 2.75) is 27.3 Å². The number of halogens is 1. The molecule has 1 unspecified atom stereocenters.